The van der Waals surface area contributed by atoms with E-state index in [-0.39, 0.29) is 38.5 Å². The SMILES string of the molecule is CC(C)C[C@H](N)C(=O)N(C(=O)C1CCN(C(=O)OCc2ccccc2)CC1)C(Cc1ccccc1)C(O)C(Cc1ccccc1)NC(=O)OC(C)(C)C. The van der Waals surface area contributed by atoms with Crippen LogP contribution in [0.2, 0.25) is 0 Å². The van der Waals surface area contributed by atoms with Gasteiger partial charge in [-0.1, -0.05) is 105 Å². The highest BCUT2D eigenvalue weighted by Gasteiger charge is 2.43. The van der Waals surface area contributed by atoms with Gasteiger partial charge in [0, 0.05) is 19.0 Å². The van der Waals surface area contributed by atoms with Crippen LogP contribution < -0.4 is 11.1 Å². The number of aliphatic hydroxyl groups excluding tert-OH is 1. The lowest BCUT2D eigenvalue weighted by atomic mass is 9.88. The van der Waals surface area contributed by atoms with Crippen LogP contribution in [0.15, 0.2) is 91.0 Å². The van der Waals surface area contributed by atoms with Crippen LogP contribution in [0, 0.1) is 11.8 Å². The molecule has 53 heavy (non-hydrogen) atoms. The molecule has 3 aromatic carbocycles. The van der Waals surface area contributed by atoms with Gasteiger partial charge in [0.25, 0.3) is 0 Å². The molecule has 0 bridgehead atoms. The average Bonchev–Trinajstić information content (AvgIpc) is 3.13. The molecule has 0 spiro atoms. The van der Waals surface area contributed by atoms with Crippen molar-refractivity contribution in [2.24, 2.45) is 17.6 Å². The number of nitrogens with one attached hydrogen (secondary N) is 1. The fraction of sp³-hybridized carbons (Fsp3) is 0.476. The molecule has 11 heteroatoms. The van der Waals surface area contributed by atoms with Crippen molar-refractivity contribution in [1.82, 2.24) is 15.1 Å². The van der Waals surface area contributed by atoms with Crippen molar-refractivity contribution in [3.8, 4) is 0 Å². The number of ether oxygens (including phenoxy) is 2. The number of likely N-dealkylation sites (tertiary alicyclic amines) is 1. The molecule has 3 unspecified atom stereocenters. The second-order valence-electron chi connectivity index (χ2n) is 15.3. The van der Waals surface area contributed by atoms with Crippen LogP contribution in [0.4, 0.5) is 9.59 Å². The highest BCUT2D eigenvalue weighted by atomic mass is 16.6. The van der Waals surface area contributed by atoms with E-state index < -0.39 is 59.7 Å². The van der Waals surface area contributed by atoms with Gasteiger partial charge in [-0.3, -0.25) is 14.5 Å². The number of alkyl carbamates (subject to hydrolysis) is 1. The van der Waals surface area contributed by atoms with Crippen molar-refractivity contribution in [1.29, 1.82) is 0 Å². The molecule has 286 valence electrons. The Kier molecular flexibility index (Phi) is 15.0. The topological polar surface area (TPSA) is 152 Å². The minimum absolute atomic E-state index is 0.0631. The summed E-state index contributed by atoms with van der Waals surface area (Å²) in [5, 5.41) is 15.3. The molecule has 1 heterocycles. The summed E-state index contributed by atoms with van der Waals surface area (Å²) in [5.74, 6) is -1.63. The lowest BCUT2D eigenvalue weighted by Crippen LogP contribution is -2.62. The second kappa shape index (κ2) is 19.4. The summed E-state index contributed by atoms with van der Waals surface area (Å²) in [6.07, 6.45) is -1.41. The molecule has 0 saturated carbocycles. The van der Waals surface area contributed by atoms with Gasteiger partial charge < -0.3 is 30.5 Å². The minimum Gasteiger partial charge on any atom is -0.445 e. The number of carbonyl (C=O) groups excluding carboxylic acids is 4. The smallest absolute Gasteiger partial charge is 0.410 e. The van der Waals surface area contributed by atoms with E-state index in [0.29, 0.717) is 19.3 Å². The van der Waals surface area contributed by atoms with Crippen LogP contribution in [0.3, 0.4) is 0 Å². The summed E-state index contributed by atoms with van der Waals surface area (Å²) in [6.45, 7) is 9.78. The molecule has 0 radical (unpaired) electrons. The maximum Gasteiger partial charge on any atom is 0.410 e. The second-order valence-corrected chi connectivity index (χ2v) is 15.3. The first-order valence-corrected chi connectivity index (χ1v) is 18.6. The summed E-state index contributed by atoms with van der Waals surface area (Å²) in [6, 6.07) is 25.0. The number of rotatable bonds is 14. The maximum absolute atomic E-state index is 14.7. The zero-order chi connectivity index (χ0) is 38.5. The van der Waals surface area contributed by atoms with Crippen LogP contribution in [-0.2, 0) is 38.5 Å². The third kappa shape index (κ3) is 12.7. The fourth-order valence-electron chi connectivity index (χ4n) is 6.61. The highest BCUT2D eigenvalue weighted by Crippen LogP contribution is 2.27. The standard InChI is InChI=1S/C42H56N4O7/c1-29(2)25-34(43)39(49)46(38(48)33-21-23-45(24-22-33)41(51)52-28-32-19-13-8-14-20-32)36(27-31-17-11-7-12-18-31)37(47)35(26-30-15-9-6-10-16-30)44-40(50)53-42(3,4)5/h6-20,29,33-37,47H,21-28,43H2,1-5H3,(H,44,50)/t34-,35?,36?,37?/m0/s1. The third-order valence-electron chi connectivity index (χ3n) is 9.25. The lowest BCUT2D eigenvalue weighted by Gasteiger charge is -2.41. The van der Waals surface area contributed by atoms with Crippen molar-refractivity contribution in [2.75, 3.05) is 13.1 Å². The predicted molar refractivity (Wildman–Crippen MR) is 203 cm³/mol. The van der Waals surface area contributed by atoms with E-state index in [1.54, 1.807) is 25.7 Å². The number of benzene rings is 3. The van der Waals surface area contributed by atoms with Gasteiger partial charge in [-0.15, -0.1) is 0 Å². The van der Waals surface area contributed by atoms with Gasteiger partial charge in [0.2, 0.25) is 11.8 Å². The molecule has 4 rings (SSSR count). The molecule has 0 aromatic heterocycles. The summed E-state index contributed by atoms with van der Waals surface area (Å²) in [5.41, 5.74) is 8.20. The zero-order valence-electron chi connectivity index (χ0n) is 31.6. The maximum atomic E-state index is 14.7. The monoisotopic (exact) mass is 728 g/mol. The summed E-state index contributed by atoms with van der Waals surface area (Å²) >= 11 is 0. The first-order valence-electron chi connectivity index (χ1n) is 18.6. The molecule has 1 aliphatic heterocycles. The Bertz CT molecular complexity index is 1610. The van der Waals surface area contributed by atoms with E-state index in [2.05, 4.69) is 5.32 Å². The normalized spacial score (nSPS) is 15.9. The van der Waals surface area contributed by atoms with Crippen molar-refractivity contribution in [2.45, 2.75) is 103 Å². The van der Waals surface area contributed by atoms with Gasteiger partial charge in [-0.05, 0) is 75.5 Å². The van der Waals surface area contributed by atoms with Gasteiger partial charge in [0.1, 0.15) is 12.2 Å². The van der Waals surface area contributed by atoms with Gasteiger partial charge in [-0.25, -0.2) is 9.59 Å². The zero-order valence-corrected chi connectivity index (χ0v) is 31.6. The van der Waals surface area contributed by atoms with Gasteiger partial charge in [-0.2, -0.15) is 0 Å². The van der Waals surface area contributed by atoms with Crippen LogP contribution in [-0.4, -0.2) is 81.8 Å². The van der Waals surface area contributed by atoms with Crippen LogP contribution >= 0.6 is 0 Å². The molecule has 3 aromatic rings. The highest BCUT2D eigenvalue weighted by molar-refractivity contribution is 5.99. The number of imide groups is 1. The Morgan fingerprint density at radius 3 is 1.87 bits per heavy atom. The molecule has 1 saturated heterocycles. The third-order valence-corrected chi connectivity index (χ3v) is 9.25. The number of hydrogen-bond donors (Lipinski definition) is 3. The quantitative estimate of drug-likeness (QED) is 0.187. The number of amides is 4. The van der Waals surface area contributed by atoms with Crippen LogP contribution in [0.25, 0.3) is 0 Å². The Morgan fingerprint density at radius 1 is 0.849 bits per heavy atom. The largest absolute Gasteiger partial charge is 0.445 e. The number of nitrogens with two attached hydrogens (primary N) is 1. The lowest BCUT2D eigenvalue weighted by molar-refractivity contribution is -0.156. The summed E-state index contributed by atoms with van der Waals surface area (Å²) in [4.78, 5) is 58.1. The molecule has 4 N–H and O–H groups in total. The minimum atomic E-state index is -1.42. The molecule has 4 amide bonds. The van der Waals surface area contributed by atoms with Crippen molar-refractivity contribution in [3.63, 3.8) is 0 Å². The van der Waals surface area contributed by atoms with Crippen molar-refractivity contribution < 1.29 is 33.8 Å². The van der Waals surface area contributed by atoms with Gasteiger partial charge in [0.05, 0.1) is 24.2 Å². The molecule has 11 nitrogen and oxygen atoms in total. The van der Waals surface area contributed by atoms with E-state index in [0.717, 1.165) is 21.6 Å². The Hall–Kier alpha value is -4.74. The first kappa shape index (κ1) is 41.0. The van der Waals surface area contributed by atoms with E-state index in [1.165, 1.54) is 0 Å². The molecule has 0 aliphatic carbocycles. The number of piperidine rings is 1. The molecular weight excluding hydrogens is 672 g/mol. The Labute approximate surface area is 313 Å². The number of aliphatic hydroxyl groups is 1. The summed E-state index contributed by atoms with van der Waals surface area (Å²) < 4.78 is 11.1. The number of nitrogens with zero attached hydrogens (tertiary/aromatic N) is 2. The molecular formula is C42H56N4O7. The van der Waals surface area contributed by atoms with Crippen molar-refractivity contribution in [3.05, 3.63) is 108 Å². The van der Waals surface area contributed by atoms with E-state index in [4.69, 9.17) is 15.2 Å². The first-order chi connectivity index (χ1) is 25.2. The Morgan fingerprint density at radius 2 is 1.36 bits per heavy atom. The number of carbonyl (C=O) groups is 4. The van der Waals surface area contributed by atoms with Gasteiger partial charge in [0.15, 0.2) is 0 Å². The van der Waals surface area contributed by atoms with Crippen LogP contribution in [0.1, 0.15) is 70.6 Å². The summed E-state index contributed by atoms with van der Waals surface area (Å²) in [7, 11) is 0. The fourth-order valence-corrected chi connectivity index (χ4v) is 6.61. The van der Waals surface area contributed by atoms with Crippen molar-refractivity contribution >= 4 is 24.0 Å². The molecule has 1 aliphatic rings. The van der Waals surface area contributed by atoms with E-state index in [1.807, 2.05) is 105 Å². The number of hydrogen-bond acceptors (Lipinski definition) is 8. The predicted octanol–water partition coefficient (Wildman–Crippen LogP) is 5.87. The average molecular weight is 729 g/mol. The van der Waals surface area contributed by atoms with E-state index in [9.17, 15) is 24.3 Å². The molecule has 1 fully saturated rings. The Balaban J connectivity index is 1.66. The van der Waals surface area contributed by atoms with Gasteiger partial charge >= 0.3 is 12.2 Å². The van der Waals surface area contributed by atoms with E-state index >= 15 is 0 Å². The molecule has 4 atom stereocenters. The van der Waals surface area contributed by atoms with Crippen LogP contribution in [0.5, 0.6) is 0 Å².